The second-order valence-corrected chi connectivity index (χ2v) is 5.76. The predicted molar refractivity (Wildman–Crippen MR) is 86.4 cm³/mol. The highest BCUT2D eigenvalue weighted by molar-refractivity contribution is 5.80. The number of benzene rings is 1. The molecule has 0 bridgehead atoms. The number of nitrogens with one attached hydrogen (secondary N) is 3. The summed E-state index contributed by atoms with van der Waals surface area (Å²) in [5, 5.41) is 9.02. The van der Waals surface area contributed by atoms with Gasteiger partial charge in [0.2, 0.25) is 11.8 Å². The molecule has 120 valence electrons. The highest BCUT2D eigenvalue weighted by atomic mass is 16.2. The van der Waals surface area contributed by atoms with E-state index in [2.05, 4.69) is 16.0 Å². The van der Waals surface area contributed by atoms with Gasteiger partial charge in [-0.3, -0.25) is 9.59 Å². The second kappa shape index (κ2) is 9.20. The van der Waals surface area contributed by atoms with Gasteiger partial charge in [0.25, 0.3) is 0 Å². The molecule has 1 aliphatic heterocycles. The van der Waals surface area contributed by atoms with Crippen molar-refractivity contribution in [3.05, 3.63) is 35.9 Å². The molecule has 1 atom stereocenters. The molecule has 5 nitrogen and oxygen atoms in total. The normalized spacial score (nSPS) is 17.2. The van der Waals surface area contributed by atoms with Gasteiger partial charge < -0.3 is 16.0 Å². The van der Waals surface area contributed by atoms with Crippen molar-refractivity contribution in [3.63, 3.8) is 0 Å². The van der Waals surface area contributed by atoms with E-state index in [1.807, 2.05) is 30.3 Å². The summed E-state index contributed by atoms with van der Waals surface area (Å²) in [4.78, 5) is 23.4. The molecule has 1 aliphatic rings. The van der Waals surface area contributed by atoms with Crippen molar-refractivity contribution < 1.29 is 9.59 Å². The summed E-state index contributed by atoms with van der Waals surface area (Å²) in [6.07, 6.45) is 2.92. The standard InChI is InChI=1S/C17H25N3O2/c21-16(19-10-7-15-6-9-18-13-15)8-11-20-17(22)12-14-4-2-1-3-5-14/h1-5,15,18H,6-13H2,(H,19,21)(H,20,22). The molecule has 0 saturated carbocycles. The van der Waals surface area contributed by atoms with Crippen LogP contribution in [0.3, 0.4) is 0 Å². The highest BCUT2D eigenvalue weighted by Crippen LogP contribution is 2.10. The molecule has 1 saturated heterocycles. The van der Waals surface area contributed by atoms with Crippen molar-refractivity contribution in [2.75, 3.05) is 26.2 Å². The van der Waals surface area contributed by atoms with Crippen LogP contribution in [0.15, 0.2) is 30.3 Å². The summed E-state index contributed by atoms with van der Waals surface area (Å²) in [5.41, 5.74) is 0.981. The lowest BCUT2D eigenvalue weighted by Crippen LogP contribution is -2.32. The molecule has 22 heavy (non-hydrogen) atoms. The van der Waals surface area contributed by atoms with Crippen molar-refractivity contribution in [2.45, 2.75) is 25.7 Å². The third kappa shape index (κ3) is 6.26. The van der Waals surface area contributed by atoms with Gasteiger partial charge in [-0.05, 0) is 37.4 Å². The molecule has 1 unspecified atom stereocenters. The summed E-state index contributed by atoms with van der Waals surface area (Å²) in [6.45, 7) is 3.27. The molecule has 3 N–H and O–H groups in total. The molecule has 2 amide bonds. The first-order valence-corrected chi connectivity index (χ1v) is 8.02. The fourth-order valence-electron chi connectivity index (χ4n) is 2.62. The average Bonchev–Trinajstić information content (AvgIpc) is 3.01. The minimum absolute atomic E-state index is 0.00553. The average molecular weight is 303 g/mol. The van der Waals surface area contributed by atoms with E-state index in [0.717, 1.165) is 31.6 Å². The Morgan fingerprint density at radius 1 is 1.09 bits per heavy atom. The van der Waals surface area contributed by atoms with Gasteiger partial charge in [-0.2, -0.15) is 0 Å². The number of carbonyl (C=O) groups excluding carboxylic acids is 2. The summed E-state index contributed by atoms with van der Waals surface area (Å²) < 4.78 is 0. The maximum atomic E-state index is 11.7. The van der Waals surface area contributed by atoms with E-state index in [-0.39, 0.29) is 11.8 Å². The molecule has 1 fully saturated rings. The Labute approximate surface area is 131 Å². The zero-order chi connectivity index (χ0) is 15.6. The molecule has 2 rings (SSSR count). The molecule has 1 heterocycles. The third-order valence-corrected chi connectivity index (χ3v) is 3.92. The molecular weight excluding hydrogens is 278 g/mol. The fourth-order valence-corrected chi connectivity index (χ4v) is 2.62. The summed E-state index contributed by atoms with van der Waals surface area (Å²) in [6, 6.07) is 9.59. The van der Waals surface area contributed by atoms with Gasteiger partial charge >= 0.3 is 0 Å². The van der Waals surface area contributed by atoms with E-state index in [1.165, 1.54) is 6.42 Å². The first-order valence-electron chi connectivity index (χ1n) is 8.02. The fraction of sp³-hybridized carbons (Fsp3) is 0.529. The lowest BCUT2D eigenvalue weighted by atomic mass is 10.1. The number of amides is 2. The van der Waals surface area contributed by atoms with Gasteiger partial charge in [0.05, 0.1) is 6.42 Å². The van der Waals surface area contributed by atoms with Crippen LogP contribution in [0.5, 0.6) is 0 Å². The SMILES string of the molecule is O=C(CCNC(=O)Cc1ccccc1)NCCC1CCNC1. The molecule has 0 radical (unpaired) electrons. The van der Waals surface area contributed by atoms with Crippen LogP contribution in [-0.2, 0) is 16.0 Å². The van der Waals surface area contributed by atoms with E-state index < -0.39 is 0 Å². The number of hydrogen-bond donors (Lipinski definition) is 3. The van der Waals surface area contributed by atoms with Gasteiger partial charge in [0, 0.05) is 19.5 Å². The molecule has 0 spiro atoms. The van der Waals surface area contributed by atoms with Gasteiger partial charge in [0.15, 0.2) is 0 Å². The van der Waals surface area contributed by atoms with Crippen LogP contribution in [0.4, 0.5) is 0 Å². The molecule has 1 aromatic carbocycles. The first kappa shape index (κ1) is 16.5. The van der Waals surface area contributed by atoms with Crippen LogP contribution in [0, 0.1) is 5.92 Å². The van der Waals surface area contributed by atoms with Crippen LogP contribution < -0.4 is 16.0 Å². The largest absolute Gasteiger partial charge is 0.356 e. The number of rotatable bonds is 8. The Morgan fingerprint density at radius 3 is 2.59 bits per heavy atom. The van der Waals surface area contributed by atoms with Crippen molar-refractivity contribution in [2.24, 2.45) is 5.92 Å². The second-order valence-electron chi connectivity index (χ2n) is 5.76. The Balaban J connectivity index is 1.51. The smallest absolute Gasteiger partial charge is 0.224 e. The molecule has 0 aliphatic carbocycles. The lowest BCUT2D eigenvalue weighted by Gasteiger charge is -2.10. The van der Waals surface area contributed by atoms with Crippen LogP contribution in [0.2, 0.25) is 0 Å². The number of hydrogen-bond acceptors (Lipinski definition) is 3. The zero-order valence-corrected chi connectivity index (χ0v) is 12.9. The van der Waals surface area contributed by atoms with E-state index in [0.29, 0.717) is 25.3 Å². The van der Waals surface area contributed by atoms with E-state index >= 15 is 0 Å². The topological polar surface area (TPSA) is 70.2 Å². The first-order chi connectivity index (χ1) is 10.7. The van der Waals surface area contributed by atoms with Gasteiger partial charge in [-0.25, -0.2) is 0 Å². The van der Waals surface area contributed by atoms with E-state index in [9.17, 15) is 9.59 Å². The quantitative estimate of drug-likeness (QED) is 0.667. The monoisotopic (exact) mass is 303 g/mol. The minimum atomic E-state index is -0.0453. The molecule has 5 heteroatoms. The van der Waals surface area contributed by atoms with Gasteiger partial charge in [0.1, 0.15) is 0 Å². The minimum Gasteiger partial charge on any atom is -0.356 e. The van der Waals surface area contributed by atoms with Crippen LogP contribution in [-0.4, -0.2) is 38.0 Å². The third-order valence-electron chi connectivity index (χ3n) is 3.92. The summed E-state index contributed by atoms with van der Waals surface area (Å²) in [5.74, 6) is 0.646. The zero-order valence-electron chi connectivity index (χ0n) is 12.9. The van der Waals surface area contributed by atoms with Crippen LogP contribution >= 0.6 is 0 Å². The summed E-state index contributed by atoms with van der Waals surface area (Å²) in [7, 11) is 0. The van der Waals surface area contributed by atoms with Crippen molar-refractivity contribution >= 4 is 11.8 Å². The van der Waals surface area contributed by atoms with Gasteiger partial charge in [-0.15, -0.1) is 0 Å². The van der Waals surface area contributed by atoms with Crippen LogP contribution in [0.25, 0.3) is 0 Å². The Bertz CT molecular complexity index is 470. The summed E-state index contributed by atoms with van der Waals surface area (Å²) >= 11 is 0. The molecule has 1 aromatic rings. The van der Waals surface area contributed by atoms with Gasteiger partial charge in [-0.1, -0.05) is 30.3 Å². The number of carbonyl (C=O) groups is 2. The molecule has 0 aromatic heterocycles. The van der Waals surface area contributed by atoms with Crippen LogP contribution in [0.1, 0.15) is 24.8 Å². The highest BCUT2D eigenvalue weighted by Gasteiger charge is 2.14. The van der Waals surface area contributed by atoms with Crippen molar-refractivity contribution in [3.8, 4) is 0 Å². The Kier molecular flexibility index (Phi) is 6.90. The molecular formula is C17H25N3O2. The predicted octanol–water partition coefficient (Wildman–Crippen LogP) is 0.851. The Hall–Kier alpha value is -1.88. The van der Waals surface area contributed by atoms with E-state index in [4.69, 9.17) is 0 Å². The maximum absolute atomic E-state index is 11.7. The maximum Gasteiger partial charge on any atom is 0.224 e. The lowest BCUT2D eigenvalue weighted by molar-refractivity contribution is -0.122. The van der Waals surface area contributed by atoms with Crippen molar-refractivity contribution in [1.82, 2.24) is 16.0 Å². The van der Waals surface area contributed by atoms with E-state index in [1.54, 1.807) is 0 Å². The Morgan fingerprint density at radius 2 is 1.86 bits per heavy atom. The van der Waals surface area contributed by atoms with Crippen molar-refractivity contribution in [1.29, 1.82) is 0 Å².